The maximum Gasteiger partial charge on any atom is 0.232 e. The van der Waals surface area contributed by atoms with Crippen molar-refractivity contribution in [3.05, 3.63) is 23.7 Å². The molecule has 0 aliphatic carbocycles. The summed E-state index contributed by atoms with van der Waals surface area (Å²) in [7, 11) is 0. The van der Waals surface area contributed by atoms with Crippen molar-refractivity contribution in [2.45, 2.75) is 19.3 Å². The summed E-state index contributed by atoms with van der Waals surface area (Å²) in [5.74, 6) is 0.236. The Kier molecular flexibility index (Phi) is 2.98. The number of carbonyl (C=O) groups excluding carboxylic acids is 2. The van der Waals surface area contributed by atoms with Gasteiger partial charge >= 0.3 is 0 Å². The van der Waals surface area contributed by atoms with Crippen LogP contribution < -0.4 is 10.2 Å². The second kappa shape index (κ2) is 4.79. The fraction of sp³-hybridized carbons (Fsp3) is 0.385. The minimum atomic E-state index is -0.259. The third kappa shape index (κ3) is 2.47. The van der Waals surface area contributed by atoms with Crippen LogP contribution in [0.1, 0.15) is 25.0 Å². The Bertz CT molecular complexity index is 562. The van der Waals surface area contributed by atoms with E-state index in [9.17, 15) is 9.59 Å². The fourth-order valence-electron chi connectivity index (χ4n) is 2.28. The molecule has 1 aromatic heterocycles. The minimum Gasteiger partial charge on any atom is -0.341 e. The zero-order valence-electron chi connectivity index (χ0n) is 10.4. The van der Waals surface area contributed by atoms with E-state index in [0.29, 0.717) is 17.3 Å². The van der Waals surface area contributed by atoms with E-state index < -0.39 is 0 Å². The van der Waals surface area contributed by atoms with E-state index >= 15 is 0 Å². The Labute approximate surface area is 110 Å². The first kappa shape index (κ1) is 11.8. The lowest BCUT2D eigenvalue weighted by atomic mass is 10.2. The smallest absolute Gasteiger partial charge is 0.232 e. The molecule has 0 bridgehead atoms. The van der Waals surface area contributed by atoms with Gasteiger partial charge in [0.15, 0.2) is 5.78 Å². The predicted molar refractivity (Wildman–Crippen MR) is 69.2 cm³/mol. The molecule has 0 spiro atoms. The average Bonchev–Trinajstić information content (AvgIpc) is 3.01. The Hall–Kier alpha value is -2.24. The van der Waals surface area contributed by atoms with Crippen molar-refractivity contribution < 1.29 is 9.59 Å². The molecule has 0 radical (unpaired) electrons. The molecule has 1 amide bonds. The molecule has 2 fully saturated rings. The van der Waals surface area contributed by atoms with Crippen LogP contribution in [-0.2, 0) is 9.59 Å². The van der Waals surface area contributed by atoms with E-state index in [1.165, 1.54) is 0 Å². The highest BCUT2D eigenvalue weighted by Crippen LogP contribution is 2.17. The SMILES string of the molecule is O=C1CC(=O)/C(=C/c2ccnc(N3CCCC3)n2)N1. The number of nitrogens with one attached hydrogen (secondary N) is 1. The van der Waals surface area contributed by atoms with E-state index in [4.69, 9.17) is 0 Å². The Morgan fingerprint density at radius 1 is 1.26 bits per heavy atom. The zero-order chi connectivity index (χ0) is 13.2. The monoisotopic (exact) mass is 258 g/mol. The van der Waals surface area contributed by atoms with Crippen LogP contribution in [0.25, 0.3) is 6.08 Å². The molecule has 19 heavy (non-hydrogen) atoms. The number of aromatic nitrogens is 2. The van der Waals surface area contributed by atoms with Crippen LogP contribution in [0.2, 0.25) is 0 Å². The standard InChI is InChI=1S/C13H14N4O2/c18-11-8-12(19)16-10(11)7-9-3-4-14-13(15-9)17-5-1-2-6-17/h3-4,7H,1-2,5-6,8H2,(H,16,19)/b10-7-. The van der Waals surface area contributed by atoms with Crippen LogP contribution in [0.15, 0.2) is 18.0 Å². The van der Waals surface area contributed by atoms with Crippen molar-refractivity contribution >= 4 is 23.7 Å². The molecule has 1 aromatic rings. The number of allylic oxidation sites excluding steroid dienone is 1. The normalized spacial score (nSPS) is 21.3. The zero-order valence-corrected chi connectivity index (χ0v) is 10.4. The van der Waals surface area contributed by atoms with Crippen molar-refractivity contribution in [3.63, 3.8) is 0 Å². The third-order valence-corrected chi connectivity index (χ3v) is 3.24. The van der Waals surface area contributed by atoms with E-state index in [-0.39, 0.29) is 18.1 Å². The minimum absolute atomic E-state index is 0.0735. The first-order valence-electron chi connectivity index (χ1n) is 6.35. The lowest BCUT2D eigenvalue weighted by Gasteiger charge is -2.14. The van der Waals surface area contributed by atoms with Crippen LogP contribution in [-0.4, -0.2) is 34.7 Å². The first-order chi connectivity index (χ1) is 9.22. The molecule has 98 valence electrons. The van der Waals surface area contributed by atoms with Crippen LogP contribution in [0.3, 0.4) is 0 Å². The molecular formula is C13H14N4O2. The molecule has 3 rings (SSSR count). The number of nitrogens with zero attached hydrogens (tertiary/aromatic N) is 3. The molecule has 3 heterocycles. The second-order valence-corrected chi connectivity index (χ2v) is 4.68. The predicted octanol–water partition coefficient (Wildman–Crippen LogP) is 0.507. The van der Waals surface area contributed by atoms with E-state index in [0.717, 1.165) is 25.9 Å². The molecule has 2 saturated heterocycles. The number of hydrogen-bond acceptors (Lipinski definition) is 5. The van der Waals surface area contributed by atoms with Gasteiger partial charge < -0.3 is 10.2 Å². The molecular weight excluding hydrogens is 244 g/mol. The average molecular weight is 258 g/mol. The lowest BCUT2D eigenvalue weighted by molar-refractivity contribution is -0.121. The molecule has 0 aromatic carbocycles. The largest absolute Gasteiger partial charge is 0.341 e. The van der Waals surface area contributed by atoms with Gasteiger partial charge in [-0.3, -0.25) is 9.59 Å². The van der Waals surface area contributed by atoms with Crippen molar-refractivity contribution in [3.8, 4) is 0 Å². The highest BCUT2D eigenvalue weighted by molar-refractivity contribution is 6.16. The summed E-state index contributed by atoms with van der Waals surface area (Å²) in [5, 5.41) is 2.54. The number of rotatable bonds is 2. The molecule has 0 atom stereocenters. The summed E-state index contributed by atoms with van der Waals surface area (Å²) in [4.78, 5) is 33.4. The molecule has 6 heteroatoms. The molecule has 2 aliphatic rings. The first-order valence-corrected chi connectivity index (χ1v) is 6.35. The number of Topliss-reactive ketones (excluding diaryl/α,β-unsaturated/α-hetero) is 1. The van der Waals surface area contributed by atoms with E-state index in [1.807, 2.05) is 0 Å². The van der Waals surface area contributed by atoms with Crippen LogP contribution in [0.4, 0.5) is 5.95 Å². The number of anilines is 1. The summed E-state index contributed by atoms with van der Waals surface area (Å²) in [6.45, 7) is 1.94. The summed E-state index contributed by atoms with van der Waals surface area (Å²) < 4.78 is 0. The quantitative estimate of drug-likeness (QED) is 0.618. The van der Waals surface area contributed by atoms with Gasteiger partial charge in [0.05, 0.1) is 17.8 Å². The highest BCUT2D eigenvalue weighted by atomic mass is 16.2. The number of amides is 1. The van der Waals surface area contributed by atoms with Gasteiger partial charge in [-0.15, -0.1) is 0 Å². The van der Waals surface area contributed by atoms with Crippen molar-refractivity contribution in [1.82, 2.24) is 15.3 Å². The van der Waals surface area contributed by atoms with Crippen molar-refractivity contribution in [2.24, 2.45) is 0 Å². The van der Waals surface area contributed by atoms with Crippen molar-refractivity contribution in [2.75, 3.05) is 18.0 Å². The number of carbonyl (C=O) groups is 2. The van der Waals surface area contributed by atoms with Gasteiger partial charge in [-0.25, -0.2) is 9.97 Å². The summed E-state index contributed by atoms with van der Waals surface area (Å²) >= 11 is 0. The van der Waals surface area contributed by atoms with Gasteiger partial charge in [0.2, 0.25) is 11.9 Å². The molecule has 6 nitrogen and oxygen atoms in total. The summed E-state index contributed by atoms with van der Waals surface area (Å²) in [6, 6.07) is 1.73. The highest BCUT2D eigenvalue weighted by Gasteiger charge is 2.24. The Morgan fingerprint density at radius 2 is 2.05 bits per heavy atom. The maximum atomic E-state index is 11.5. The Balaban J connectivity index is 1.85. The van der Waals surface area contributed by atoms with Crippen LogP contribution >= 0.6 is 0 Å². The topological polar surface area (TPSA) is 75.2 Å². The molecule has 0 unspecified atom stereocenters. The third-order valence-electron chi connectivity index (χ3n) is 3.24. The molecule has 0 saturated carbocycles. The van der Waals surface area contributed by atoms with Gasteiger partial charge in [0.25, 0.3) is 0 Å². The maximum absolute atomic E-state index is 11.5. The van der Waals surface area contributed by atoms with E-state index in [1.54, 1.807) is 18.3 Å². The second-order valence-electron chi connectivity index (χ2n) is 4.68. The van der Waals surface area contributed by atoms with Crippen LogP contribution in [0, 0.1) is 0 Å². The van der Waals surface area contributed by atoms with Gasteiger partial charge in [0, 0.05) is 19.3 Å². The Morgan fingerprint density at radius 3 is 2.74 bits per heavy atom. The number of ketones is 1. The fourth-order valence-corrected chi connectivity index (χ4v) is 2.28. The lowest BCUT2D eigenvalue weighted by Crippen LogP contribution is -2.20. The van der Waals surface area contributed by atoms with Gasteiger partial charge in [0.1, 0.15) is 0 Å². The molecule has 1 N–H and O–H groups in total. The summed E-state index contributed by atoms with van der Waals surface area (Å²) in [5.41, 5.74) is 0.957. The van der Waals surface area contributed by atoms with E-state index in [2.05, 4.69) is 20.2 Å². The van der Waals surface area contributed by atoms with Gasteiger partial charge in [-0.05, 0) is 25.0 Å². The van der Waals surface area contributed by atoms with Gasteiger partial charge in [-0.2, -0.15) is 0 Å². The van der Waals surface area contributed by atoms with Gasteiger partial charge in [-0.1, -0.05) is 0 Å². The van der Waals surface area contributed by atoms with Crippen LogP contribution in [0.5, 0.6) is 0 Å². The summed E-state index contributed by atoms with van der Waals surface area (Å²) in [6.07, 6.45) is 5.52. The number of hydrogen-bond donors (Lipinski definition) is 1. The molecule has 2 aliphatic heterocycles. The van der Waals surface area contributed by atoms with Crippen molar-refractivity contribution in [1.29, 1.82) is 0 Å².